The van der Waals surface area contributed by atoms with Gasteiger partial charge in [0, 0.05) is 0 Å². The zero-order valence-corrected chi connectivity index (χ0v) is 10.1. The quantitative estimate of drug-likeness (QED) is 0.655. The molecule has 0 radical (unpaired) electrons. The molecule has 1 rings (SSSR count). The number of hydrogen-bond acceptors (Lipinski definition) is 4. The Hall–Kier alpha value is -1.18. The standard InChI is InChI=1S/C9H9ClFNO4S/c10-4-5-16-9(13)8-6(11)2-1-3-7(8)17(12,14)15/h1-3H,4-5H2,(H2,12,14,15). The Morgan fingerprint density at radius 3 is 2.65 bits per heavy atom. The van der Waals surface area contributed by atoms with Gasteiger partial charge < -0.3 is 4.74 Å². The molecular formula is C9H9ClFNO4S. The van der Waals surface area contributed by atoms with Crippen LogP contribution in [0.25, 0.3) is 0 Å². The number of sulfonamides is 1. The highest BCUT2D eigenvalue weighted by atomic mass is 35.5. The highest BCUT2D eigenvalue weighted by Gasteiger charge is 2.24. The van der Waals surface area contributed by atoms with Gasteiger partial charge in [-0.2, -0.15) is 0 Å². The normalized spacial score (nSPS) is 11.2. The maximum absolute atomic E-state index is 13.4. The van der Waals surface area contributed by atoms with Gasteiger partial charge in [0.15, 0.2) is 0 Å². The molecule has 5 nitrogen and oxygen atoms in total. The molecule has 0 bridgehead atoms. The van der Waals surface area contributed by atoms with E-state index in [1.807, 2.05) is 0 Å². The van der Waals surface area contributed by atoms with E-state index in [0.717, 1.165) is 18.2 Å². The molecule has 0 aliphatic heterocycles. The lowest BCUT2D eigenvalue weighted by molar-refractivity contribution is 0.0519. The number of primary sulfonamides is 1. The van der Waals surface area contributed by atoms with E-state index in [4.69, 9.17) is 16.7 Å². The van der Waals surface area contributed by atoms with Gasteiger partial charge in [-0.05, 0) is 12.1 Å². The van der Waals surface area contributed by atoms with Gasteiger partial charge >= 0.3 is 5.97 Å². The molecule has 94 valence electrons. The SMILES string of the molecule is NS(=O)(=O)c1cccc(F)c1C(=O)OCCCl. The Morgan fingerprint density at radius 1 is 1.47 bits per heavy atom. The molecule has 1 aromatic rings. The van der Waals surface area contributed by atoms with E-state index < -0.39 is 32.3 Å². The average molecular weight is 282 g/mol. The third kappa shape index (κ3) is 3.39. The molecule has 0 heterocycles. The highest BCUT2D eigenvalue weighted by Crippen LogP contribution is 2.18. The number of ether oxygens (including phenoxy) is 1. The van der Waals surface area contributed by atoms with Crippen molar-refractivity contribution < 1.29 is 22.3 Å². The fourth-order valence-corrected chi connectivity index (χ4v) is 1.95. The van der Waals surface area contributed by atoms with E-state index in [9.17, 15) is 17.6 Å². The zero-order valence-electron chi connectivity index (χ0n) is 8.52. The van der Waals surface area contributed by atoms with Crippen molar-refractivity contribution in [1.29, 1.82) is 0 Å². The largest absolute Gasteiger partial charge is 0.461 e. The minimum Gasteiger partial charge on any atom is -0.461 e. The first-order valence-electron chi connectivity index (χ1n) is 4.42. The smallest absolute Gasteiger partial charge is 0.342 e. The van der Waals surface area contributed by atoms with Gasteiger partial charge in [-0.1, -0.05) is 6.07 Å². The second-order valence-corrected chi connectivity index (χ2v) is 4.89. The Morgan fingerprint density at radius 2 is 2.12 bits per heavy atom. The molecule has 0 aromatic heterocycles. The first-order chi connectivity index (χ1) is 7.88. The Labute approximate surface area is 102 Å². The zero-order chi connectivity index (χ0) is 13.1. The van der Waals surface area contributed by atoms with Gasteiger partial charge in [0.2, 0.25) is 10.0 Å². The van der Waals surface area contributed by atoms with Gasteiger partial charge in [-0.3, -0.25) is 0 Å². The van der Waals surface area contributed by atoms with Gasteiger partial charge in [0.25, 0.3) is 0 Å². The molecule has 0 fully saturated rings. The van der Waals surface area contributed by atoms with Crippen LogP contribution in [0.15, 0.2) is 23.1 Å². The number of carbonyl (C=O) groups is 1. The molecule has 17 heavy (non-hydrogen) atoms. The van der Waals surface area contributed by atoms with Crippen LogP contribution in [0.1, 0.15) is 10.4 Å². The van der Waals surface area contributed by atoms with Gasteiger partial charge in [0.05, 0.1) is 10.8 Å². The lowest BCUT2D eigenvalue weighted by Gasteiger charge is -2.08. The predicted octanol–water partition coefficient (Wildman–Crippen LogP) is 0.869. The van der Waals surface area contributed by atoms with Crippen molar-refractivity contribution in [3.05, 3.63) is 29.6 Å². The van der Waals surface area contributed by atoms with Crippen molar-refractivity contribution >= 4 is 27.6 Å². The van der Waals surface area contributed by atoms with Crippen LogP contribution in [-0.4, -0.2) is 26.9 Å². The molecule has 8 heteroatoms. The number of rotatable bonds is 4. The van der Waals surface area contributed by atoms with Crippen molar-refractivity contribution in [2.24, 2.45) is 5.14 Å². The van der Waals surface area contributed by atoms with Crippen LogP contribution in [0.3, 0.4) is 0 Å². The lowest BCUT2D eigenvalue weighted by atomic mass is 10.2. The molecule has 0 saturated carbocycles. The number of halogens is 2. The Balaban J connectivity index is 3.26. The van der Waals surface area contributed by atoms with E-state index in [2.05, 4.69) is 4.74 Å². The van der Waals surface area contributed by atoms with Crippen LogP contribution in [-0.2, 0) is 14.8 Å². The third-order valence-electron chi connectivity index (χ3n) is 1.80. The summed E-state index contributed by atoms with van der Waals surface area (Å²) in [4.78, 5) is 10.8. The number of nitrogens with two attached hydrogens (primary N) is 1. The summed E-state index contributed by atoms with van der Waals surface area (Å²) in [5, 5.41) is 4.86. The maximum Gasteiger partial charge on any atom is 0.342 e. The van der Waals surface area contributed by atoms with Crippen LogP contribution < -0.4 is 5.14 Å². The molecule has 0 saturated heterocycles. The molecule has 2 N–H and O–H groups in total. The summed E-state index contributed by atoms with van der Waals surface area (Å²) < 4.78 is 40.3. The second kappa shape index (κ2) is 5.44. The van der Waals surface area contributed by atoms with Crippen molar-refractivity contribution in [3.63, 3.8) is 0 Å². The topological polar surface area (TPSA) is 86.5 Å². The van der Waals surface area contributed by atoms with E-state index in [-0.39, 0.29) is 12.5 Å². The van der Waals surface area contributed by atoms with E-state index in [0.29, 0.717) is 0 Å². The van der Waals surface area contributed by atoms with Crippen LogP contribution in [0.2, 0.25) is 0 Å². The van der Waals surface area contributed by atoms with Gasteiger partial charge in [-0.25, -0.2) is 22.7 Å². The third-order valence-corrected chi connectivity index (χ3v) is 2.90. The Bertz CT molecular complexity index is 532. The molecule has 1 aromatic carbocycles. The van der Waals surface area contributed by atoms with Gasteiger partial charge in [0.1, 0.15) is 18.0 Å². The van der Waals surface area contributed by atoms with Crippen molar-refractivity contribution in [1.82, 2.24) is 0 Å². The van der Waals surface area contributed by atoms with Crippen LogP contribution >= 0.6 is 11.6 Å². The first-order valence-corrected chi connectivity index (χ1v) is 6.50. The summed E-state index contributed by atoms with van der Waals surface area (Å²) in [5.41, 5.74) is -0.708. The van der Waals surface area contributed by atoms with Crippen molar-refractivity contribution in [2.45, 2.75) is 4.90 Å². The highest BCUT2D eigenvalue weighted by molar-refractivity contribution is 7.89. The summed E-state index contributed by atoms with van der Waals surface area (Å²) >= 11 is 5.29. The molecule has 0 atom stereocenters. The molecule has 0 spiro atoms. The summed E-state index contributed by atoms with van der Waals surface area (Å²) in [5.74, 6) is -2.12. The van der Waals surface area contributed by atoms with E-state index in [1.54, 1.807) is 0 Å². The molecule has 0 unspecified atom stereocenters. The summed E-state index contributed by atoms with van der Waals surface area (Å²) in [7, 11) is -4.20. The fraction of sp³-hybridized carbons (Fsp3) is 0.222. The summed E-state index contributed by atoms with van der Waals surface area (Å²) in [6, 6.07) is 3.09. The minimum absolute atomic E-state index is 0.0188. The number of carbonyl (C=O) groups excluding carboxylic acids is 1. The molecule has 0 aliphatic rings. The molecular weight excluding hydrogens is 273 g/mol. The number of esters is 1. The van der Waals surface area contributed by atoms with Crippen LogP contribution in [0.5, 0.6) is 0 Å². The summed E-state index contributed by atoms with van der Waals surface area (Å²) in [6.07, 6.45) is 0. The number of benzene rings is 1. The molecule has 0 amide bonds. The molecule has 0 aliphatic carbocycles. The fourth-order valence-electron chi connectivity index (χ4n) is 1.14. The van der Waals surface area contributed by atoms with Crippen molar-refractivity contribution in [3.8, 4) is 0 Å². The predicted molar refractivity (Wildman–Crippen MR) is 58.8 cm³/mol. The first kappa shape index (κ1) is 13.9. The maximum atomic E-state index is 13.4. The average Bonchev–Trinajstić information content (AvgIpc) is 2.24. The summed E-state index contributed by atoms with van der Waals surface area (Å²) in [6.45, 7) is -0.154. The lowest BCUT2D eigenvalue weighted by Crippen LogP contribution is -2.19. The second-order valence-electron chi connectivity index (χ2n) is 2.98. The minimum atomic E-state index is -4.20. The van der Waals surface area contributed by atoms with E-state index >= 15 is 0 Å². The number of hydrogen-bond donors (Lipinski definition) is 1. The van der Waals surface area contributed by atoms with Crippen LogP contribution in [0, 0.1) is 5.82 Å². The number of alkyl halides is 1. The van der Waals surface area contributed by atoms with E-state index in [1.165, 1.54) is 0 Å². The monoisotopic (exact) mass is 281 g/mol. The Kier molecular flexibility index (Phi) is 4.44. The van der Waals surface area contributed by atoms with Gasteiger partial charge in [-0.15, -0.1) is 11.6 Å². The van der Waals surface area contributed by atoms with Crippen molar-refractivity contribution in [2.75, 3.05) is 12.5 Å². The van der Waals surface area contributed by atoms with Crippen LogP contribution in [0.4, 0.5) is 4.39 Å².